The number of nitrogens with zero attached hydrogens (tertiary/aromatic N) is 1. The SMILES string of the molecule is Nc1cnc2cc3c(cc2c1)OCO3. The molecule has 3 rings (SSSR count). The summed E-state index contributed by atoms with van der Waals surface area (Å²) in [4.78, 5) is 4.20. The standard InChI is InChI=1S/C10H8N2O2/c11-7-1-6-2-9-10(14-5-13-9)3-8(6)12-4-7/h1-4H,5,11H2. The van der Waals surface area contributed by atoms with Gasteiger partial charge in [-0.3, -0.25) is 4.98 Å². The second-order valence-electron chi connectivity index (χ2n) is 3.17. The number of pyridine rings is 1. The maximum atomic E-state index is 5.63. The fourth-order valence-corrected chi connectivity index (χ4v) is 1.54. The van der Waals surface area contributed by atoms with Gasteiger partial charge in [0.2, 0.25) is 6.79 Å². The van der Waals surface area contributed by atoms with Crippen molar-refractivity contribution in [3.05, 3.63) is 24.4 Å². The maximum absolute atomic E-state index is 5.63. The van der Waals surface area contributed by atoms with Crippen molar-refractivity contribution >= 4 is 16.6 Å². The Balaban J connectivity index is 2.33. The first-order chi connectivity index (χ1) is 6.83. The summed E-state index contributed by atoms with van der Waals surface area (Å²) in [5.41, 5.74) is 7.15. The Morgan fingerprint density at radius 2 is 1.93 bits per heavy atom. The summed E-state index contributed by atoms with van der Waals surface area (Å²) >= 11 is 0. The molecule has 2 heterocycles. The summed E-state index contributed by atoms with van der Waals surface area (Å²) in [5.74, 6) is 1.50. The van der Waals surface area contributed by atoms with Crippen LogP contribution >= 0.6 is 0 Å². The van der Waals surface area contributed by atoms with Gasteiger partial charge in [0, 0.05) is 11.5 Å². The van der Waals surface area contributed by atoms with E-state index in [-0.39, 0.29) is 6.79 Å². The number of ether oxygens (including phenoxy) is 2. The summed E-state index contributed by atoms with van der Waals surface area (Å²) < 4.78 is 10.5. The zero-order valence-electron chi connectivity index (χ0n) is 7.36. The van der Waals surface area contributed by atoms with Crippen LogP contribution in [0.15, 0.2) is 24.4 Å². The van der Waals surface area contributed by atoms with Crippen molar-refractivity contribution in [3.8, 4) is 11.5 Å². The van der Waals surface area contributed by atoms with Gasteiger partial charge in [-0.25, -0.2) is 0 Å². The molecule has 4 heteroatoms. The van der Waals surface area contributed by atoms with Crippen molar-refractivity contribution in [2.24, 2.45) is 0 Å². The fraction of sp³-hybridized carbons (Fsp3) is 0.100. The number of aromatic nitrogens is 1. The Hall–Kier alpha value is -1.97. The van der Waals surface area contributed by atoms with Crippen LogP contribution in [0.1, 0.15) is 0 Å². The minimum absolute atomic E-state index is 0.279. The van der Waals surface area contributed by atoms with E-state index >= 15 is 0 Å². The van der Waals surface area contributed by atoms with Crippen molar-refractivity contribution in [3.63, 3.8) is 0 Å². The van der Waals surface area contributed by atoms with E-state index in [1.165, 1.54) is 0 Å². The molecule has 1 aromatic carbocycles. The Morgan fingerprint density at radius 3 is 2.79 bits per heavy atom. The summed E-state index contributed by atoms with van der Waals surface area (Å²) in [6.07, 6.45) is 1.63. The monoisotopic (exact) mass is 188 g/mol. The lowest BCUT2D eigenvalue weighted by Crippen LogP contribution is -1.92. The fourth-order valence-electron chi connectivity index (χ4n) is 1.54. The lowest BCUT2D eigenvalue weighted by molar-refractivity contribution is 0.174. The summed E-state index contributed by atoms with van der Waals surface area (Å²) in [6, 6.07) is 5.61. The van der Waals surface area contributed by atoms with Gasteiger partial charge in [0.1, 0.15) is 0 Å². The molecule has 1 aliphatic heterocycles. The largest absolute Gasteiger partial charge is 0.454 e. The minimum Gasteiger partial charge on any atom is -0.454 e. The van der Waals surface area contributed by atoms with E-state index in [1.807, 2.05) is 18.2 Å². The second-order valence-corrected chi connectivity index (χ2v) is 3.17. The average molecular weight is 188 g/mol. The molecule has 0 radical (unpaired) electrons. The number of nitrogens with two attached hydrogens (primary N) is 1. The van der Waals surface area contributed by atoms with Crippen molar-refractivity contribution < 1.29 is 9.47 Å². The van der Waals surface area contributed by atoms with Crippen LogP contribution in [-0.4, -0.2) is 11.8 Å². The van der Waals surface area contributed by atoms with Gasteiger partial charge in [0.15, 0.2) is 11.5 Å². The van der Waals surface area contributed by atoms with E-state index in [1.54, 1.807) is 6.20 Å². The maximum Gasteiger partial charge on any atom is 0.231 e. The number of rotatable bonds is 0. The molecule has 0 unspecified atom stereocenters. The Kier molecular flexibility index (Phi) is 1.33. The van der Waals surface area contributed by atoms with Gasteiger partial charge in [-0.15, -0.1) is 0 Å². The summed E-state index contributed by atoms with van der Waals surface area (Å²) in [7, 11) is 0. The van der Waals surface area contributed by atoms with Gasteiger partial charge in [-0.2, -0.15) is 0 Å². The van der Waals surface area contributed by atoms with E-state index in [9.17, 15) is 0 Å². The summed E-state index contributed by atoms with van der Waals surface area (Å²) in [5, 5.41) is 0.967. The minimum atomic E-state index is 0.279. The van der Waals surface area contributed by atoms with Gasteiger partial charge in [0.25, 0.3) is 0 Å². The van der Waals surface area contributed by atoms with E-state index in [0.717, 1.165) is 22.4 Å². The quantitative estimate of drug-likeness (QED) is 0.681. The zero-order valence-corrected chi connectivity index (χ0v) is 7.36. The number of nitrogen functional groups attached to an aromatic ring is 1. The molecule has 0 amide bonds. The topological polar surface area (TPSA) is 57.4 Å². The number of anilines is 1. The molecule has 0 atom stereocenters. The first kappa shape index (κ1) is 7.44. The molecule has 1 aliphatic rings. The molecule has 0 aliphatic carbocycles. The van der Waals surface area contributed by atoms with Crippen LogP contribution < -0.4 is 15.2 Å². The molecule has 1 aromatic heterocycles. The molecular weight excluding hydrogens is 180 g/mol. The van der Waals surface area contributed by atoms with Crippen LogP contribution in [-0.2, 0) is 0 Å². The van der Waals surface area contributed by atoms with Gasteiger partial charge >= 0.3 is 0 Å². The van der Waals surface area contributed by atoms with Crippen LogP contribution in [0.5, 0.6) is 11.5 Å². The predicted molar refractivity (Wildman–Crippen MR) is 52.3 cm³/mol. The third-order valence-electron chi connectivity index (χ3n) is 2.20. The van der Waals surface area contributed by atoms with Crippen LogP contribution in [0.4, 0.5) is 5.69 Å². The average Bonchev–Trinajstić information content (AvgIpc) is 2.61. The molecule has 70 valence electrons. The van der Waals surface area contributed by atoms with Crippen LogP contribution in [0.3, 0.4) is 0 Å². The van der Waals surface area contributed by atoms with Crippen molar-refractivity contribution in [1.82, 2.24) is 4.98 Å². The zero-order chi connectivity index (χ0) is 9.54. The van der Waals surface area contributed by atoms with Gasteiger partial charge in [-0.05, 0) is 12.1 Å². The molecule has 2 aromatic rings. The van der Waals surface area contributed by atoms with Crippen LogP contribution in [0.25, 0.3) is 10.9 Å². The molecule has 14 heavy (non-hydrogen) atoms. The highest BCUT2D eigenvalue weighted by Gasteiger charge is 2.14. The molecule has 2 N–H and O–H groups in total. The van der Waals surface area contributed by atoms with Crippen LogP contribution in [0.2, 0.25) is 0 Å². The highest BCUT2D eigenvalue weighted by Crippen LogP contribution is 2.35. The number of hydrogen-bond acceptors (Lipinski definition) is 4. The lowest BCUT2D eigenvalue weighted by Gasteiger charge is -2.00. The highest BCUT2D eigenvalue weighted by atomic mass is 16.7. The van der Waals surface area contributed by atoms with Crippen molar-refractivity contribution in [2.45, 2.75) is 0 Å². The first-order valence-corrected chi connectivity index (χ1v) is 4.28. The number of benzene rings is 1. The Morgan fingerprint density at radius 1 is 1.14 bits per heavy atom. The molecule has 0 spiro atoms. The van der Waals surface area contributed by atoms with Crippen molar-refractivity contribution in [2.75, 3.05) is 12.5 Å². The van der Waals surface area contributed by atoms with E-state index in [0.29, 0.717) is 5.69 Å². The first-order valence-electron chi connectivity index (χ1n) is 4.28. The third-order valence-corrected chi connectivity index (χ3v) is 2.20. The Labute approximate surface area is 80.3 Å². The van der Waals surface area contributed by atoms with Gasteiger partial charge < -0.3 is 15.2 Å². The lowest BCUT2D eigenvalue weighted by atomic mass is 10.2. The van der Waals surface area contributed by atoms with Crippen molar-refractivity contribution in [1.29, 1.82) is 0 Å². The molecule has 4 nitrogen and oxygen atoms in total. The highest BCUT2D eigenvalue weighted by molar-refractivity contribution is 5.84. The molecule has 0 saturated carbocycles. The second kappa shape index (κ2) is 2.51. The third kappa shape index (κ3) is 0.970. The van der Waals surface area contributed by atoms with E-state index in [2.05, 4.69) is 4.98 Å². The molecule has 0 fully saturated rings. The van der Waals surface area contributed by atoms with Gasteiger partial charge in [-0.1, -0.05) is 0 Å². The van der Waals surface area contributed by atoms with E-state index in [4.69, 9.17) is 15.2 Å². The summed E-state index contributed by atoms with van der Waals surface area (Å²) in [6.45, 7) is 0.279. The number of fused-ring (bicyclic) bond motifs is 2. The molecule has 0 bridgehead atoms. The van der Waals surface area contributed by atoms with Crippen LogP contribution in [0, 0.1) is 0 Å². The van der Waals surface area contributed by atoms with E-state index < -0.39 is 0 Å². The normalized spacial score (nSPS) is 13.4. The predicted octanol–water partition coefficient (Wildman–Crippen LogP) is 1.55. The smallest absolute Gasteiger partial charge is 0.231 e. The van der Waals surface area contributed by atoms with Gasteiger partial charge in [0.05, 0.1) is 17.4 Å². The molecule has 0 saturated heterocycles. The molecular formula is C10H8N2O2. The number of hydrogen-bond donors (Lipinski definition) is 1. The Bertz CT molecular complexity index is 511.